The molecule has 4 N–H and O–H groups in total. The number of H-pyrrole nitrogens is 1. The Morgan fingerprint density at radius 1 is 1.09 bits per heavy atom. The Kier molecular flexibility index (Phi) is 6.79. The van der Waals surface area contributed by atoms with Gasteiger partial charge >= 0.3 is 0 Å². The van der Waals surface area contributed by atoms with E-state index in [2.05, 4.69) is 31.1 Å². The molecule has 0 spiro atoms. The van der Waals surface area contributed by atoms with Crippen molar-refractivity contribution in [2.24, 2.45) is 0 Å². The summed E-state index contributed by atoms with van der Waals surface area (Å²) in [5.74, 6) is 0.776. The zero-order valence-electron chi connectivity index (χ0n) is 18.5. The highest BCUT2D eigenvalue weighted by molar-refractivity contribution is 6.33. The highest BCUT2D eigenvalue weighted by atomic mass is 35.5. The van der Waals surface area contributed by atoms with Crippen LogP contribution in [0.2, 0.25) is 5.02 Å². The fraction of sp³-hybridized carbons (Fsp3) is 0.304. The first-order valence-corrected chi connectivity index (χ1v) is 11.1. The fourth-order valence-electron chi connectivity index (χ4n) is 4.00. The number of anilines is 4. The van der Waals surface area contributed by atoms with Gasteiger partial charge in [-0.2, -0.15) is 5.10 Å². The van der Waals surface area contributed by atoms with E-state index in [1.54, 1.807) is 44.6 Å². The van der Waals surface area contributed by atoms with Crippen LogP contribution < -0.4 is 16.0 Å². The van der Waals surface area contributed by atoms with E-state index in [-0.39, 0.29) is 17.7 Å². The predicted octanol–water partition coefficient (Wildman–Crippen LogP) is 4.03. The van der Waals surface area contributed by atoms with Crippen LogP contribution in [0.4, 0.5) is 22.9 Å². The molecule has 2 amide bonds. The molecule has 172 valence electrons. The molecule has 0 saturated carbocycles. The molecule has 0 radical (unpaired) electrons. The molecule has 1 aliphatic heterocycles. The van der Waals surface area contributed by atoms with Crippen molar-refractivity contribution in [3.8, 4) is 0 Å². The van der Waals surface area contributed by atoms with E-state index >= 15 is 0 Å². The number of nitrogens with zero attached hydrogens (tertiary/aromatic N) is 3. The molecule has 9 nitrogen and oxygen atoms in total. The van der Waals surface area contributed by atoms with Crippen molar-refractivity contribution in [3.63, 3.8) is 0 Å². The second-order valence-electron chi connectivity index (χ2n) is 7.90. The summed E-state index contributed by atoms with van der Waals surface area (Å²) in [6, 6.07) is 9.00. The third-order valence-corrected chi connectivity index (χ3v) is 6.10. The molecular formula is C23H26ClN7O2. The minimum Gasteiger partial charge on any atom is -0.355 e. The molecule has 1 aliphatic rings. The molecule has 1 aromatic carbocycles. The van der Waals surface area contributed by atoms with Crippen molar-refractivity contribution in [2.45, 2.75) is 25.7 Å². The summed E-state index contributed by atoms with van der Waals surface area (Å²) in [5.41, 5.74) is 3.59. The SMILES string of the molecule is CNC(=O)c1ccccc1Nc1cc(Nc2cn[nH]c2C2CCN(C(C)=O)CC2)ncc1Cl. The molecule has 10 heteroatoms. The monoisotopic (exact) mass is 467 g/mol. The van der Waals surface area contributed by atoms with Gasteiger partial charge in [0.2, 0.25) is 5.91 Å². The van der Waals surface area contributed by atoms with E-state index in [0.29, 0.717) is 27.8 Å². The van der Waals surface area contributed by atoms with Crippen molar-refractivity contribution >= 4 is 46.3 Å². The average molecular weight is 468 g/mol. The minimum atomic E-state index is -0.194. The number of piperidine rings is 1. The number of likely N-dealkylation sites (tertiary alicyclic amines) is 1. The number of halogens is 1. The molecule has 0 aliphatic carbocycles. The molecule has 4 rings (SSSR count). The van der Waals surface area contributed by atoms with Crippen LogP contribution in [0.15, 0.2) is 42.7 Å². The maximum Gasteiger partial charge on any atom is 0.253 e. The molecule has 0 unspecified atom stereocenters. The fourth-order valence-corrected chi connectivity index (χ4v) is 4.15. The highest BCUT2D eigenvalue weighted by Crippen LogP contribution is 2.34. The zero-order chi connectivity index (χ0) is 23.4. The van der Waals surface area contributed by atoms with Gasteiger partial charge in [0.1, 0.15) is 5.82 Å². The quantitative estimate of drug-likeness (QED) is 0.435. The summed E-state index contributed by atoms with van der Waals surface area (Å²) in [6.07, 6.45) is 5.03. The summed E-state index contributed by atoms with van der Waals surface area (Å²) in [6.45, 7) is 3.07. The zero-order valence-corrected chi connectivity index (χ0v) is 19.2. The lowest BCUT2D eigenvalue weighted by Gasteiger charge is -2.31. The van der Waals surface area contributed by atoms with Gasteiger partial charge < -0.3 is 20.9 Å². The first-order chi connectivity index (χ1) is 16.0. The summed E-state index contributed by atoms with van der Waals surface area (Å²) in [4.78, 5) is 30.1. The summed E-state index contributed by atoms with van der Waals surface area (Å²) in [5, 5.41) is 16.9. The lowest BCUT2D eigenvalue weighted by molar-refractivity contribution is -0.129. The smallest absolute Gasteiger partial charge is 0.253 e. The van der Waals surface area contributed by atoms with Crippen molar-refractivity contribution in [2.75, 3.05) is 30.8 Å². The van der Waals surface area contributed by atoms with E-state index < -0.39 is 0 Å². The van der Waals surface area contributed by atoms with E-state index in [4.69, 9.17) is 11.6 Å². The number of pyridine rings is 1. The van der Waals surface area contributed by atoms with Gasteiger partial charge in [0.25, 0.3) is 5.91 Å². The van der Waals surface area contributed by atoms with Gasteiger partial charge in [0.05, 0.1) is 45.7 Å². The van der Waals surface area contributed by atoms with Crippen molar-refractivity contribution < 1.29 is 9.59 Å². The first-order valence-electron chi connectivity index (χ1n) is 10.8. The van der Waals surface area contributed by atoms with E-state index in [1.165, 1.54) is 0 Å². The molecule has 3 aromatic rings. The molecule has 2 aromatic heterocycles. The van der Waals surface area contributed by atoms with Gasteiger partial charge in [-0.3, -0.25) is 14.7 Å². The Labute approximate surface area is 196 Å². The van der Waals surface area contributed by atoms with Crippen molar-refractivity contribution in [1.82, 2.24) is 25.4 Å². The normalized spacial score (nSPS) is 14.1. The number of aromatic amines is 1. The number of carbonyl (C=O) groups excluding carboxylic acids is 2. The average Bonchev–Trinajstić information content (AvgIpc) is 3.29. The van der Waals surface area contributed by atoms with Crippen LogP contribution in [0.5, 0.6) is 0 Å². The lowest BCUT2D eigenvalue weighted by Crippen LogP contribution is -2.36. The van der Waals surface area contributed by atoms with Crippen LogP contribution >= 0.6 is 11.6 Å². The van der Waals surface area contributed by atoms with Crippen LogP contribution in [0, 0.1) is 0 Å². The molecule has 0 bridgehead atoms. The van der Waals surface area contributed by atoms with E-state index in [0.717, 1.165) is 37.3 Å². The second-order valence-corrected chi connectivity index (χ2v) is 8.31. The molecule has 1 fully saturated rings. The molecule has 0 atom stereocenters. The standard InChI is InChI=1S/C23H26ClN7O2/c1-14(32)31-9-7-15(8-10-31)22-20(13-27-30-22)29-21-11-19(17(24)12-26-21)28-18-6-4-3-5-16(18)23(33)25-2/h3-6,11-13,15H,7-10H2,1-2H3,(H,25,33)(H,27,30)(H2,26,28,29). The molecule has 33 heavy (non-hydrogen) atoms. The van der Waals surface area contributed by atoms with Gasteiger partial charge in [0, 0.05) is 39.0 Å². The Hall–Kier alpha value is -3.59. The Balaban J connectivity index is 1.52. The largest absolute Gasteiger partial charge is 0.355 e. The molecule has 1 saturated heterocycles. The van der Waals surface area contributed by atoms with Crippen LogP contribution in [0.3, 0.4) is 0 Å². The van der Waals surface area contributed by atoms with Crippen LogP contribution in [-0.2, 0) is 4.79 Å². The highest BCUT2D eigenvalue weighted by Gasteiger charge is 2.25. The number of benzene rings is 1. The van der Waals surface area contributed by atoms with Gasteiger partial charge in [-0.1, -0.05) is 23.7 Å². The number of aromatic nitrogens is 3. The lowest BCUT2D eigenvalue weighted by atomic mass is 9.93. The number of hydrogen-bond acceptors (Lipinski definition) is 6. The van der Waals surface area contributed by atoms with Gasteiger partial charge in [-0.05, 0) is 25.0 Å². The van der Waals surface area contributed by atoms with Crippen LogP contribution in [0.1, 0.15) is 41.7 Å². The van der Waals surface area contributed by atoms with Crippen molar-refractivity contribution in [3.05, 3.63) is 59.0 Å². The maximum atomic E-state index is 12.2. The maximum absolute atomic E-state index is 12.2. The summed E-state index contributed by atoms with van der Waals surface area (Å²) >= 11 is 6.38. The number of para-hydroxylation sites is 1. The summed E-state index contributed by atoms with van der Waals surface area (Å²) in [7, 11) is 1.59. The van der Waals surface area contributed by atoms with Crippen molar-refractivity contribution in [1.29, 1.82) is 0 Å². The Morgan fingerprint density at radius 2 is 1.85 bits per heavy atom. The number of amides is 2. The van der Waals surface area contributed by atoms with Gasteiger partial charge in [0.15, 0.2) is 0 Å². The molecule has 3 heterocycles. The molecular weight excluding hydrogens is 442 g/mol. The first kappa shape index (κ1) is 22.6. The predicted molar refractivity (Wildman–Crippen MR) is 128 cm³/mol. The number of hydrogen-bond donors (Lipinski definition) is 4. The topological polar surface area (TPSA) is 115 Å². The number of rotatable bonds is 6. The van der Waals surface area contributed by atoms with Gasteiger partial charge in [-0.15, -0.1) is 0 Å². The number of carbonyl (C=O) groups is 2. The minimum absolute atomic E-state index is 0.111. The van der Waals surface area contributed by atoms with Crippen LogP contribution in [0.25, 0.3) is 0 Å². The van der Waals surface area contributed by atoms with E-state index in [9.17, 15) is 9.59 Å². The van der Waals surface area contributed by atoms with Gasteiger partial charge in [-0.25, -0.2) is 4.98 Å². The Morgan fingerprint density at radius 3 is 2.58 bits per heavy atom. The van der Waals surface area contributed by atoms with E-state index in [1.807, 2.05) is 17.0 Å². The Bertz CT molecular complexity index is 1160. The number of nitrogens with one attached hydrogen (secondary N) is 4. The second kappa shape index (κ2) is 9.91. The third-order valence-electron chi connectivity index (χ3n) is 5.80. The third kappa shape index (κ3) is 5.09. The summed E-state index contributed by atoms with van der Waals surface area (Å²) < 4.78 is 0. The van der Waals surface area contributed by atoms with Crippen LogP contribution in [-0.4, -0.2) is 52.0 Å².